The minimum Gasteiger partial charge on any atom is -0.366 e. The summed E-state index contributed by atoms with van der Waals surface area (Å²) in [6.45, 7) is 18.9. The molecule has 4 nitrogen and oxygen atoms in total. The Kier molecular flexibility index (Phi) is 36.4. The van der Waals surface area contributed by atoms with Gasteiger partial charge in [0.2, 0.25) is 0 Å². The number of ether oxygens (including phenoxy) is 1. The Morgan fingerprint density at radius 3 is 1.40 bits per heavy atom. The van der Waals surface area contributed by atoms with Crippen LogP contribution in [0.2, 0.25) is 0 Å². The zero-order valence-electron chi connectivity index (χ0n) is 24.5. The van der Waals surface area contributed by atoms with Crippen molar-refractivity contribution >= 4 is 17.3 Å². The molecule has 0 aromatic heterocycles. The molecular weight excluding hydrogens is 436 g/mol. The lowest BCUT2D eigenvalue weighted by molar-refractivity contribution is -0.127. The topological polar surface area (TPSA) is 60.4 Å². The van der Waals surface area contributed by atoms with Crippen LogP contribution in [-0.4, -0.2) is 30.6 Å². The summed E-state index contributed by atoms with van der Waals surface area (Å²) >= 11 is 0. The lowest BCUT2D eigenvalue weighted by Crippen LogP contribution is -2.12. The van der Waals surface area contributed by atoms with Crippen molar-refractivity contribution in [2.45, 2.75) is 153 Å². The van der Waals surface area contributed by atoms with Gasteiger partial charge >= 0.3 is 0 Å². The fraction of sp³-hybridized carbons (Fsp3) is 0.903. The van der Waals surface area contributed by atoms with Gasteiger partial charge in [0.25, 0.3) is 0 Å². The average molecular weight is 501 g/mol. The molecule has 0 bridgehead atoms. The number of carbonyl (C=O) groups excluding carboxylic acids is 3. The zero-order valence-corrected chi connectivity index (χ0v) is 24.5. The number of ketones is 3. The monoisotopic (exact) mass is 500 g/mol. The molecule has 0 atom stereocenters. The van der Waals surface area contributed by atoms with Gasteiger partial charge in [-0.15, -0.1) is 0 Å². The Morgan fingerprint density at radius 1 is 0.571 bits per heavy atom. The van der Waals surface area contributed by atoms with E-state index in [9.17, 15) is 14.4 Å². The van der Waals surface area contributed by atoms with Crippen LogP contribution in [0.25, 0.3) is 0 Å². The van der Waals surface area contributed by atoms with Crippen LogP contribution in [0.3, 0.4) is 0 Å². The minimum atomic E-state index is -0.0373. The van der Waals surface area contributed by atoms with Gasteiger partial charge in [0.05, 0.1) is 0 Å². The fourth-order valence-corrected chi connectivity index (χ4v) is 3.16. The van der Waals surface area contributed by atoms with Crippen molar-refractivity contribution in [1.29, 1.82) is 0 Å². The van der Waals surface area contributed by atoms with E-state index < -0.39 is 0 Å². The normalized spacial score (nSPS) is 10.3. The molecule has 35 heavy (non-hydrogen) atoms. The predicted molar refractivity (Wildman–Crippen MR) is 154 cm³/mol. The van der Waals surface area contributed by atoms with Gasteiger partial charge in [0.15, 0.2) is 11.6 Å². The third kappa shape index (κ3) is 50.7. The van der Waals surface area contributed by atoms with Crippen LogP contribution < -0.4 is 0 Å². The molecule has 0 aromatic rings. The average Bonchev–Trinajstić information content (AvgIpc) is 2.71. The first-order valence-corrected chi connectivity index (χ1v) is 14.0. The van der Waals surface area contributed by atoms with E-state index in [1.807, 2.05) is 0 Å². The second kappa shape index (κ2) is 31.0. The smallest absolute Gasteiger partial charge is 0.158 e. The molecule has 0 radical (unpaired) electrons. The van der Waals surface area contributed by atoms with E-state index in [1.54, 1.807) is 6.92 Å². The third-order valence-electron chi connectivity index (χ3n) is 5.25. The molecule has 0 rings (SSSR count). The van der Waals surface area contributed by atoms with Gasteiger partial charge < -0.3 is 9.53 Å². The summed E-state index contributed by atoms with van der Waals surface area (Å²) in [4.78, 5) is 32.3. The van der Waals surface area contributed by atoms with Gasteiger partial charge in [-0.25, -0.2) is 0 Å². The summed E-state index contributed by atoms with van der Waals surface area (Å²) < 4.78 is 4.95. The van der Waals surface area contributed by atoms with E-state index in [4.69, 9.17) is 4.74 Å². The number of hydrogen-bond acceptors (Lipinski definition) is 4. The second-order valence-corrected chi connectivity index (χ2v) is 11.0. The van der Waals surface area contributed by atoms with Gasteiger partial charge in [-0.05, 0) is 44.4 Å². The molecule has 0 aliphatic rings. The van der Waals surface area contributed by atoms with Gasteiger partial charge in [-0.2, -0.15) is 0 Å². The van der Waals surface area contributed by atoms with Crippen molar-refractivity contribution in [1.82, 2.24) is 0 Å². The van der Waals surface area contributed by atoms with Crippen LogP contribution in [0.1, 0.15) is 153 Å². The molecule has 0 fully saturated rings. The molecular formula is C31H64O4. The van der Waals surface area contributed by atoms with Crippen molar-refractivity contribution in [2.75, 3.05) is 13.2 Å². The highest BCUT2D eigenvalue weighted by Gasteiger charge is 2.03. The van der Waals surface area contributed by atoms with Crippen molar-refractivity contribution < 1.29 is 19.1 Å². The summed E-state index contributed by atoms with van der Waals surface area (Å²) in [5, 5.41) is 0. The number of hydrogen-bond donors (Lipinski definition) is 0. The number of unbranched alkanes of at least 4 members (excludes halogenated alkanes) is 5. The standard InChI is InChI=1S/C13H24O3.C9H18O.C8H18.CH4/c1-11(2)7-5-4-6-8-13(15)10-16-9-12(3)14;1-8(2)6-4-5-7-9(3)10;1-4-5-6-7-8(2)3;/h11H,4-10H2,1-3H3;8H,4-7H2,1-3H3;8H,4-7H2,1-3H3;1H4. The Balaban J connectivity index is -0.000000218. The van der Waals surface area contributed by atoms with Crippen molar-refractivity contribution in [3.8, 4) is 0 Å². The third-order valence-corrected chi connectivity index (χ3v) is 5.25. The molecule has 0 unspecified atom stereocenters. The molecule has 0 aliphatic heterocycles. The molecule has 0 saturated carbocycles. The van der Waals surface area contributed by atoms with Crippen LogP contribution in [0.5, 0.6) is 0 Å². The maximum Gasteiger partial charge on any atom is 0.158 e. The van der Waals surface area contributed by atoms with Crippen LogP contribution in [0.15, 0.2) is 0 Å². The maximum atomic E-state index is 11.3. The highest BCUT2D eigenvalue weighted by Crippen LogP contribution is 2.10. The molecule has 4 heteroatoms. The van der Waals surface area contributed by atoms with Crippen LogP contribution >= 0.6 is 0 Å². The largest absolute Gasteiger partial charge is 0.366 e. The summed E-state index contributed by atoms with van der Waals surface area (Å²) in [7, 11) is 0. The molecule has 0 saturated heterocycles. The molecule has 0 amide bonds. The van der Waals surface area contributed by atoms with Crippen molar-refractivity contribution in [2.24, 2.45) is 17.8 Å². The predicted octanol–water partition coefficient (Wildman–Crippen LogP) is 9.42. The molecule has 0 spiro atoms. The molecule has 0 N–H and O–H groups in total. The zero-order chi connectivity index (χ0) is 26.8. The molecule has 0 aliphatic carbocycles. The summed E-state index contributed by atoms with van der Waals surface area (Å²) in [5.41, 5.74) is 0. The number of Topliss-reactive ketones (excluding diaryl/α,β-unsaturated/α-hetero) is 3. The van der Waals surface area contributed by atoms with Crippen LogP contribution in [0.4, 0.5) is 0 Å². The van der Waals surface area contributed by atoms with Crippen LogP contribution in [-0.2, 0) is 19.1 Å². The summed E-state index contributed by atoms with van der Waals surface area (Å²) in [5.74, 6) is 2.82. The second-order valence-electron chi connectivity index (χ2n) is 11.0. The van der Waals surface area contributed by atoms with E-state index in [-0.39, 0.29) is 32.2 Å². The van der Waals surface area contributed by atoms with Gasteiger partial charge in [0.1, 0.15) is 19.0 Å². The SMILES string of the molecule is C.CC(=O)CCCCC(C)C.CC(=O)COCC(=O)CCCCCC(C)C.CCCCCC(C)C. The first-order chi connectivity index (χ1) is 15.9. The first kappa shape index (κ1) is 41.1. The van der Waals surface area contributed by atoms with E-state index in [1.165, 1.54) is 58.3 Å². The van der Waals surface area contributed by atoms with E-state index in [2.05, 4.69) is 48.5 Å². The van der Waals surface area contributed by atoms with Crippen molar-refractivity contribution in [3.63, 3.8) is 0 Å². The quantitative estimate of drug-likeness (QED) is 0.166. The maximum absolute atomic E-state index is 11.3. The Labute approximate surface area is 220 Å². The molecule has 212 valence electrons. The lowest BCUT2D eigenvalue weighted by Gasteiger charge is -2.04. The van der Waals surface area contributed by atoms with E-state index in [0.29, 0.717) is 12.2 Å². The first-order valence-electron chi connectivity index (χ1n) is 14.0. The highest BCUT2D eigenvalue weighted by molar-refractivity contribution is 5.80. The Hall–Kier alpha value is -1.03. The van der Waals surface area contributed by atoms with E-state index in [0.717, 1.165) is 43.4 Å². The van der Waals surface area contributed by atoms with Gasteiger partial charge in [-0.3, -0.25) is 9.59 Å². The highest BCUT2D eigenvalue weighted by atomic mass is 16.5. The minimum absolute atomic E-state index is 0. The fourth-order valence-electron chi connectivity index (χ4n) is 3.16. The van der Waals surface area contributed by atoms with Gasteiger partial charge in [0, 0.05) is 12.8 Å². The number of carbonyl (C=O) groups is 3. The Morgan fingerprint density at radius 2 is 1.00 bits per heavy atom. The van der Waals surface area contributed by atoms with E-state index >= 15 is 0 Å². The van der Waals surface area contributed by atoms with Gasteiger partial charge in [-0.1, -0.05) is 114 Å². The number of rotatable bonds is 19. The molecule has 0 heterocycles. The lowest BCUT2D eigenvalue weighted by atomic mass is 10.0. The Bertz CT molecular complexity index is 467. The van der Waals surface area contributed by atoms with Crippen LogP contribution in [0, 0.1) is 17.8 Å². The summed E-state index contributed by atoms with van der Waals surface area (Å²) in [6, 6.07) is 0. The van der Waals surface area contributed by atoms with Crippen molar-refractivity contribution in [3.05, 3.63) is 0 Å². The molecule has 0 aromatic carbocycles. The summed E-state index contributed by atoms with van der Waals surface area (Å²) in [6.07, 6.45) is 15.0.